The third kappa shape index (κ3) is 2.48. The van der Waals surface area contributed by atoms with E-state index >= 15 is 0 Å². The van der Waals surface area contributed by atoms with Crippen LogP contribution in [0.1, 0.15) is 20.3 Å². The first-order valence-corrected chi connectivity index (χ1v) is 5.50. The molecule has 0 radical (unpaired) electrons. The zero-order chi connectivity index (χ0) is 11.5. The van der Waals surface area contributed by atoms with Crippen molar-refractivity contribution in [3.05, 3.63) is 12.4 Å². The Morgan fingerprint density at radius 3 is 2.88 bits per heavy atom. The fourth-order valence-corrected chi connectivity index (χ4v) is 1.72. The third-order valence-corrected chi connectivity index (χ3v) is 2.44. The molecule has 16 heavy (non-hydrogen) atoms. The van der Waals surface area contributed by atoms with Crippen LogP contribution in [0.2, 0.25) is 0 Å². The van der Waals surface area contributed by atoms with Gasteiger partial charge in [0.05, 0.1) is 6.54 Å². The first kappa shape index (κ1) is 10.9. The number of ketones is 1. The zero-order valence-electron chi connectivity index (χ0n) is 9.60. The largest absolute Gasteiger partial charge is 0.368 e. The van der Waals surface area contributed by atoms with Crippen molar-refractivity contribution in [3.8, 4) is 0 Å². The predicted octanol–water partition coefficient (Wildman–Crippen LogP) is 1.08. The molecular formula is C11H16N4O. The van der Waals surface area contributed by atoms with Crippen molar-refractivity contribution < 1.29 is 4.79 Å². The van der Waals surface area contributed by atoms with Gasteiger partial charge >= 0.3 is 0 Å². The van der Waals surface area contributed by atoms with E-state index in [1.165, 1.54) is 6.33 Å². The van der Waals surface area contributed by atoms with E-state index in [0.29, 0.717) is 19.0 Å². The minimum absolute atomic E-state index is 0.275. The highest BCUT2D eigenvalue weighted by Crippen LogP contribution is 2.18. The third-order valence-electron chi connectivity index (χ3n) is 2.44. The van der Waals surface area contributed by atoms with Gasteiger partial charge in [-0.2, -0.15) is 0 Å². The maximum absolute atomic E-state index is 11.2. The van der Waals surface area contributed by atoms with Crippen LogP contribution in [-0.2, 0) is 4.79 Å². The molecule has 0 aliphatic carbocycles. The summed E-state index contributed by atoms with van der Waals surface area (Å²) in [5.41, 5.74) is 0. The average Bonchev–Trinajstić information content (AvgIpc) is 2.64. The van der Waals surface area contributed by atoms with Gasteiger partial charge in [0.1, 0.15) is 18.0 Å². The summed E-state index contributed by atoms with van der Waals surface area (Å²) in [6.07, 6.45) is 2.15. The molecule has 1 fully saturated rings. The van der Waals surface area contributed by atoms with Crippen LogP contribution in [0.4, 0.5) is 11.6 Å². The van der Waals surface area contributed by atoms with E-state index in [4.69, 9.17) is 0 Å². The van der Waals surface area contributed by atoms with Crippen molar-refractivity contribution in [1.29, 1.82) is 0 Å². The molecule has 1 aromatic rings. The molecule has 1 saturated heterocycles. The second-order valence-corrected chi connectivity index (χ2v) is 4.27. The molecule has 0 atom stereocenters. The highest BCUT2D eigenvalue weighted by molar-refractivity contribution is 5.86. The number of carbonyl (C=O) groups is 1. The number of nitrogens with one attached hydrogen (secondary N) is 1. The number of hydrogen-bond acceptors (Lipinski definition) is 5. The number of Topliss-reactive ketones (excluding diaryl/α,β-unsaturated/α-hetero) is 1. The fourth-order valence-electron chi connectivity index (χ4n) is 1.72. The SMILES string of the molecule is CC(C)Nc1cc(N2CCC(=O)C2)ncn1. The number of rotatable bonds is 3. The molecule has 1 N–H and O–H groups in total. The minimum atomic E-state index is 0.275. The molecule has 1 aliphatic heterocycles. The lowest BCUT2D eigenvalue weighted by Crippen LogP contribution is -2.21. The Labute approximate surface area is 94.9 Å². The summed E-state index contributed by atoms with van der Waals surface area (Å²) in [6.45, 7) is 5.34. The summed E-state index contributed by atoms with van der Waals surface area (Å²) in [4.78, 5) is 21.5. The smallest absolute Gasteiger partial charge is 0.153 e. The number of aromatic nitrogens is 2. The quantitative estimate of drug-likeness (QED) is 0.826. The lowest BCUT2D eigenvalue weighted by molar-refractivity contribution is -0.116. The van der Waals surface area contributed by atoms with Crippen molar-refractivity contribution in [2.24, 2.45) is 0 Å². The Morgan fingerprint density at radius 1 is 1.44 bits per heavy atom. The van der Waals surface area contributed by atoms with E-state index in [-0.39, 0.29) is 5.78 Å². The first-order chi connectivity index (χ1) is 7.65. The first-order valence-electron chi connectivity index (χ1n) is 5.50. The van der Waals surface area contributed by atoms with Gasteiger partial charge in [-0.25, -0.2) is 9.97 Å². The minimum Gasteiger partial charge on any atom is -0.368 e. The predicted molar refractivity (Wildman–Crippen MR) is 62.6 cm³/mol. The Morgan fingerprint density at radius 2 is 2.25 bits per heavy atom. The topological polar surface area (TPSA) is 58.1 Å². The summed E-state index contributed by atoms with van der Waals surface area (Å²) in [6, 6.07) is 2.22. The van der Waals surface area contributed by atoms with Crippen LogP contribution in [-0.4, -0.2) is 34.9 Å². The standard InChI is InChI=1S/C11H16N4O/c1-8(2)14-10-5-11(13-7-12-10)15-4-3-9(16)6-15/h5,7-8H,3-4,6H2,1-2H3,(H,12,13,14). The van der Waals surface area contributed by atoms with Gasteiger partial charge in [-0.1, -0.05) is 0 Å². The van der Waals surface area contributed by atoms with Crippen molar-refractivity contribution in [3.63, 3.8) is 0 Å². The van der Waals surface area contributed by atoms with Crippen LogP contribution in [0, 0.1) is 0 Å². The van der Waals surface area contributed by atoms with Crippen LogP contribution in [0.3, 0.4) is 0 Å². The summed E-state index contributed by atoms with van der Waals surface area (Å²) in [5, 5.41) is 3.22. The summed E-state index contributed by atoms with van der Waals surface area (Å²) < 4.78 is 0. The summed E-state index contributed by atoms with van der Waals surface area (Å²) in [5.74, 6) is 1.90. The number of hydrogen-bond donors (Lipinski definition) is 1. The Bertz CT molecular complexity index is 391. The molecule has 0 aromatic carbocycles. The van der Waals surface area contributed by atoms with E-state index in [1.54, 1.807) is 0 Å². The van der Waals surface area contributed by atoms with E-state index in [0.717, 1.165) is 18.2 Å². The molecule has 1 aromatic heterocycles. The molecular weight excluding hydrogens is 204 g/mol. The van der Waals surface area contributed by atoms with Crippen molar-refractivity contribution in [2.75, 3.05) is 23.3 Å². The van der Waals surface area contributed by atoms with Crippen molar-refractivity contribution in [1.82, 2.24) is 9.97 Å². The molecule has 0 bridgehead atoms. The molecule has 5 nitrogen and oxygen atoms in total. The van der Waals surface area contributed by atoms with Gasteiger partial charge in [-0.3, -0.25) is 4.79 Å². The molecule has 0 spiro atoms. The van der Waals surface area contributed by atoms with Crippen LogP contribution in [0.15, 0.2) is 12.4 Å². The van der Waals surface area contributed by atoms with Crippen molar-refractivity contribution >= 4 is 17.4 Å². The van der Waals surface area contributed by atoms with Crippen molar-refractivity contribution in [2.45, 2.75) is 26.3 Å². The van der Waals surface area contributed by atoms with Crippen LogP contribution < -0.4 is 10.2 Å². The lowest BCUT2D eigenvalue weighted by Gasteiger charge is -2.16. The number of anilines is 2. The van der Waals surface area contributed by atoms with Gasteiger partial charge in [-0.15, -0.1) is 0 Å². The van der Waals surface area contributed by atoms with Gasteiger partial charge in [-0.05, 0) is 13.8 Å². The van der Waals surface area contributed by atoms with E-state index in [2.05, 4.69) is 29.1 Å². The van der Waals surface area contributed by atoms with Gasteiger partial charge in [0.25, 0.3) is 0 Å². The molecule has 86 valence electrons. The van der Waals surface area contributed by atoms with Gasteiger partial charge in [0.2, 0.25) is 0 Å². The molecule has 0 saturated carbocycles. The average molecular weight is 220 g/mol. The van der Waals surface area contributed by atoms with E-state index in [9.17, 15) is 4.79 Å². The lowest BCUT2D eigenvalue weighted by atomic mass is 10.4. The zero-order valence-corrected chi connectivity index (χ0v) is 9.60. The molecule has 0 unspecified atom stereocenters. The Balaban J connectivity index is 2.12. The highest BCUT2D eigenvalue weighted by atomic mass is 16.1. The Hall–Kier alpha value is -1.65. The van der Waals surface area contributed by atoms with Crippen LogP contribution in [0.25, 0.3) is 0 Å². The second-order valence-electron chi connectivity index (χ2n) is 4.27. The van der Waals surface area contributed by atoms with E-state index < -0.39 is 0 Å². The molecule has 1 aliphatic rings. The Kier molecular flexibility index (Phi) is 3.03. The molecule has 0 amide bonds. The summed E-state index contributed by atoms with van der Waals surface area (Å²) >= 11 is 0. The van der Waals surface area contributed by atoms with Gasteiger partial charge < -0.3 is 10.2 Å². The van der Waals surface area contributed by atoms with Crippen LogP contribution in [0.5, 0.6) is 0 Å². The van der Waals surface area contributed by atoms with Crippen LogP contribution >= 0.6 is 0 Å². The maximum atomic E-state index is 11.2. The van der Waals surface area contributed by atoms with Gasteiger partial charge in [0, 0.05) is 25.1 Å². The number of nitrogens with zero attached hydrogens (tertiary/aromatic N) is 3. The van der Waals surface area contributed by atoms with E-state index in [1.807, 2.05) is 11.0 Å². The molecule has 2 rings (SSSR count). The maximum Gasteiger partial charge on any atom is 0.153 e. The fraction of sp³-hybridized carbons (Fsp3) is 0.545. The molecule has 5 heteroatoms. The normalized spacial score (nSPS) is 15.9. The summed E-state index contributed by atoms with van der Waals surface area (Å²) in [7, 11) is 0. The second kappa shape index (κ2) is 4.47. The van der Waals surface area contributed by atoms with Gasteiger partial charge in [0.15, 0.2) is 5.78 Å². The molecule has 2 heterocycles. The monoisotopic (exact) mass is 220 g/mol. The number of carbonyl (C=O) groups excluding carboxylic acids is 1. The highest BCUT2D eigenvalue weighted by Gasteiger charge is 2.20.